The number of hydrogen-bond acceptors (Lipinski definition) is 3. The monoisotopic (exact) mass is 436 g/mol. The molecule has 3 aromatic rings. The molecule has 0 aliphatic carbocycles. The van der Waals surface area contributed by atoms with Crippen LogP contribution in [0.5, 0.6) is 0 Å². The summed E-state index contributed by atoms with van der Waals surface area (Å²) in [7, 11) is 0. The average molecular weight is 437 g/mol. The van der Waals surface area contributed by atoms with Gasteiger partial charge in [0.1, 0.15) is 17.2 Å². The molecule has 0 radical (unpaired) electrons. The number of halogens is 1. The van der Waals surface area contributed by atoms with Gasteiger partial charge in [-0.15, -0.1) is 0 Å². The highest BCUT2D eigenvalue weighted by atomic mass is 19.1. The molecule has 168 valence electrons. The second kappa shape index (κ2) is 9.61. The molecule has 1 saturated heterocycles. The van der Waals surface area contributed by atoms with Gasteiger partial charge < -0.3 is 10.2 Å². The highest BCUT2D eigenvalue weighted by Crippen LogP contribution is 2.21. The van der Waals surface area contributed by atoms with Crippen LogP contribution in [0.3, 0.4) is 0 Å². The Hall–Kier alpha value is -3.06. The first-order chi connectivity index (χ1) is 15.4. The van der Waals surface area contributed by atoms with Crippen LogP contribution in [0.4, 0.5) is 10.1 Å². The van der Waals surface area contributed by atoms with Crippen LogP contribution in [-0.4, -0.2) is 45.5 Å². The van der Waals surface area contributed by atoms with Crippen molar-refractivity contribution < 1.29 is 14.5 Å². The van der Waals surface area contributed by atoms with E-state index in [0.717, 1.165) is 38.2 Å². The summed E-state index contributed by atoms with van der Waals surface area (Å²) in [6, 6.07) is 8.52. The molecule has 7 heteroatoms. The molecule has 0 bridgehead atoms. The number of amides is 1. The molecule has 1 amide bonds. The molecule has 3 heterocycles. The van der Waals surface area contributed by atoms with E-state index in [1.807, 2.05) is 23.1 Å². The number of rotatable bonds is 6. The van der Waals surface area contributed by atoms with Crippen LogP contribution in [-0.2, 0) is 0 Å². The van der Waals surface area contributed by atoms with E-state index in [2.05, 4.69) is 24.1 Å². The number of fused-ring (bicyclic) bond motifs is 1. The van der Waals surface area contributed by atoms with E-state index in [1.165, 1.54) is 25.1 Å². The topological polar surface area (TPSA) is 78.1 Å². The van der Waals surface area contributed by atoms with Crippen LogP contribution in [0, 0.1) is 17.1 Å². The predicted molar refractivity (Wildman–Crippen MR) is 123 cm³/mol. The highest BCUT2D eigenvalue weighted by molar-refractivity contribution is 6.13. The van der Waals surface area contributed by atoms with Gasteiger partial charge in [-0.3, -0.25) is 14.6 Å². The summed E-state index contributed by atoms with van der Waals surface area (Å²) in [5, 5.41) is 11.0. The highest BCUT2D eigenvalue weighted by Gasteiger charge is 2.22. The number of carbonyl (C=O) groups is 1. The van der Waals surface area contributed by atoms with Crippen LogP contribution in [0.2, 0.25) is 0 Å². The maximum atomic E-state index is 13.8. The van der Waals surface area contributed by atoms with Crippen LogP contribution >= 0.6 is 0 Å². The van der Waals surface area contributed by atoms with E-state index in [1.54, 1.807) is 16.7 Å². The molecule has 2 aromatic heterocycles. The standard InChI is InChI=1S/C25H30FN5O/c1-17(2)14-28-21-13-18(25(32)30-11-5-3-4-6-12-30)7-9-20(21)24(27)22-15-29-23-10-8-19(26)16-31(22)23/h7-10,13,15-17,27-28H,3-6,11-12,14H2,1-2H3/p+1. The summed E-state index contributed by atoms with van der Waals surface area (Å²) in [5.41, 5.74) is 3.59. The fraction of sp³-hybridized carbons (Fsp3) is 0.400. The number of quaternary nitrogens is 1. The van der Waals surface area contributed by atoms with Gasteiger partial charge in [-0.2, -0.15) is 0 Å². The maximum Gasteiger partial charge on any atom is 0.254 e. The summed E-state index contributed by atoms with van der Waals surface area (Å²) in [6.07, 6.45) is 7.39. The van der Waals surface area contributed by atoms with Gasteiger partial charge in [0.15, 0.2) is 0 Å². The normalized spacial score (nSPS) is 14.7. The van der Waals surface area contributed by atoms with E-state index in [9.17, 15) is 9.18 Å². The Morgan fingerprint density at radius 2 is 1.91 bits per heavy atom. The molecule has 0 unspecified atom stereocenters. The summed E-state index contributed by atoms with van der Waals surface area (Å²) < 4.78 is 15.4. The minimum absolute atomic E-state index is 0.0565. The molecule has 0 saturated carbocycles. The number of likely N-dealkylation sites (tertiary alicyclic amines) is 1. The maximum absolute atomic E-state index is 13.8. The average Bonchev–Trinajstić information content (AvgIpc) is 3.01. The molecule has 1 fully saturated rings. The van der Waals surface area contributed by atoms with E-state index < -0.39 is 0 Å². The summed E-state index contributed by atoms with van der Waals surface area (Å²) in [4.78, 5) is 19.4. The smallest absolute Gasteiger partial charge is 0.254 e. The third kappa shape index (κ3) is 4.72. The van der Waals surface area contributed by atoms with Crippen LogP contribution < -0.4 is 5.32 Å². The van der Waals surface area contributed by atoms with Crippen LogP contribution in [0.25, 0.3) is 5.65 Å². The zero-order valence-electron chi connectivity index (χ0n) is 18.8. The first-order valence-corrected chi connectivity index (χ1v) is 11.4. The quantitative estimate of drug-likeness (QED) is 0.456. The lowest BCUT2D eigenvalue weighted by atomic mass is 10.0. The largest absolute Gasteiger partial charge is 0.339 e. The molecule has 6 nitrogen and oxygen atoms in total. The van der Waals surface area contributed by atoms with Crippen molar-refractivity contribution in [2.45, 2.75) is 39.5 Å². The number of nitrogens with one attached hydrogen (secondary N) is 1. The van der Waals surface area contributed by atoms with E-state index in [4.69, 9.17) is 5.41 Å². The predicted octanol–water partition coefficient (Wildman–Crippen LogP) is 3.76. The lowest BCUT2D eigenvalue weighted by molar-refractivity contribution is -0.577. The van der Waals surface area contributed by atoms with Gasteiger partial charge in [-0.25, -0.2) is 9.37 Å². The number of imidazole rings is 1. The number of nitrogens with zero attached hydrogens (tertiary/aromatic N) is 3. The number of carbonyl (C=O) groups excluding carboxylic acids is 1. The number of benzene rings is 1. The molecule has 32 heavy (non-hydrogen) atoms. The molecule has 3 N–H and O–H groups in total. The minimum atomic E-state index is -0.380. The molecule has 1 aromatic carbocycles. The van der Waals surface area contributed by atoms with Crippen LogP contribution in [0.1, 0.15) is 61.1 Å². The van der Waals surface area contributed by atoms with Gasteiger partial charge in [-0.05, 0) is 37.1 Å². The van der Waals surface area contributed by atoms with Crippen molar-refractivity contribution in [3.8, 4) is 0 Å². The SMILES string of the molecule is CC(C)C[NH2+]c1cc(C(=O)N2CCCCCC2)ccc1C(=N)c1cnc2ccc(F)cn12. The molecule has 4 rings (SSSR count). The fourth-order valence-corrected chi connectivity index (χ4v) is 4.19. The van der Waals surface area contributed by atoms with Crippen molar-refractivity contribution >= 4 is 23.0 Å². The number of nitrogens with two attached hydrogens (primary N) is 1. The molecular weight excluding hydrogens is 405 g/mol. The minimum Gasteiger partial charge on any atom is -0.339 e. The first-order valence-electron chi connectivity index (χ1n) is 11.4. The Morgan fingerprint density at radius 3 is 2.62 bits per heavy atom. The lowest BCUT2D eigenvalue weighted by Gasteiger charge is -2.21. The van der Waals surface area contributed by atoms with Crippen molar-refractivity contribution in [1.82, 2.24) is 14.3 Å². The van der Waals surface area contributed by atoms with Crippen LogP contribution in [0.15, 0.2) is 42.7 Å². The third-order valence-corrected chi connectivity index (χ3v) is 6.00. The molecule has 0 atom stereocenters. The Morgan fingerprint density at radius 1 is 1.16 bits per heavy atom. The Balaban J connectivity index is 1.69. The zero-order valence-corrected chi connectivity index (χ0v) is 18.8. The Bertz CT molecular complexity index is 1130. The summed E-state index contributed by atoms with van der Waals surface area (Å²) >= 11 is 0. The number of aromatic nitrogens is 2. The third-order valence-electron chi connectivity index (χ3n) is 6.00. The van der Waals surface area contributed by atoms with Gasteiger partial charge in [0.25, 0.3) is 5.91 Å². The van der Waals surface area contributed by atoms with Gasteiger partial charge in [-0.1, -0.05) is 26.7 Å². The van der Waals surface area contributed by atoms with E-state index >= 15 is 0 Å². The summed E-state index contributed by atoms with van der Waals surface area (Å²) in [6.45, 7) is 6.72. The molecular formula is C25H31FN5O+. The van der Waals surface area contributed by atoms with Gasteiger partial charge in [0.05, 0.1) is 29.7 Å². The molecule has 1 aliphatic rings. The second-order valence-corrected chi connectivity index (χ2v) is 8.94. The van der Waals surface area contributed by atoms with Crippen molar-refractivity contribution in [2.75, 3.05) is 19.6 Å². The zero-order chi connectivity index (χ0) is 22.7. The number of pyridine rings is 1. The van der Waals surface area contributed by atoms with Crippen molar-refractivity contribution in [3.63, 3.8) is 0 Å². The molecule has 0 spiro atoms. The molecule has 1 aliphatic heterocycles. The first kappa shape index (κ1) is 22.1. The second-order valence-electron chi connectivity index (χ2n) is 8.94. The Labute approximate surface area is 188 Å². The van der Waals surface area contributed by atoms with E-state index in [-0.39, 0.29) is 17.4 Å². The van der Waals surface area contributed by atoms with Gasteiger partial charge >= 0.3 is 0 Å². The fourth-order valence-electron chi connectivity index (χ4n) is 4.19. The van der Waals surface area contributed by atoms with E-state index in [0.29, 0.717) is 28.4 Å². The van der Waals surface area contributed by atoms with Gasteiger partial charge in [0.2, 0.25) is 0 Å². The van der Waals surface area contributed by atoms with Crippen molar-refractivity contribution in [2.24, 2.45) is 5.92 Å². The van der Waals surface area contributed by atoms with Gasteiger partial charge in [0, 0.05) is 36.8 Å². The summed E-state index contributed by atoms with van der Waals surface area (Å²) in [5.74, 6) is 0.127. The van der Waals surface area contributed by atoms with Crippen molar-refractivity contribution in [1.29, 1.82) is 5.41 Å². The van der Waals surface area contributed by atoms with Crippen molar-refractivity contribution in [3.05, 3.63) is 65.4 Å². The Kier molecular flexibility index (Phi) is 6.65. The lowest BCUT2D eigenvalue weighted by Crippen LogP contribution is -2.79. The number of hydrogen-bond donors (Lipinski definition) is 2.